The van der Waals surface area contributed by atoms with Gasteiger partial charge in [0.2, 0.25) is 0 Å². The van der Waals surface area contributed by atoms with Crippen molar-refractivity contribution < 1.29 is 28.6 Å². The quantitative estimate of drug-likeness (QED) is 0.0262. The van der Waals surface area contributed by atoms with Gasteiger partial charge in [-0.1, -0.05) is 257 Å². The molecule has 0 aliphatic heterocycles. The monoisotopic (exact) mass is 887 g/mol. The van der Waals surface area contributed by atoms with Crippen LogP contribution < -0.4 is 0 Å². The van der Waals surface area contributed by atoms with E-state index in [-0.39, 0.29) is 31.1 Å². The van der Waals surface area contributed by atoms with Crippen molar-refractivity contribution in [2.24, 2.45) is 0 Å². The summed E-state index contributed by atoms with van der Waals surface area (Å²) in [6.07, 6.45) is 60.5. The van der Waals surface area contributed by atoms with E-state index in [4.69, 9.17) is 14.2 Å². The minimum absolute atomic E-state index is 0.0690. The van der Waals surface area contributed by atoms with Gasteiger partial charge in [-0.25, -0.2) is 0 Å². The van der Waals surface area contributed by atoms with Crippen LogP contribution in [-0.2, 0) is 28.6 Å². The lowest BCUT2D eigenvalue weighted by Gasteiger charge is -2.18. The highest BCUT2D eigenvalue weighted by Gasteiger charge is 2.19. The second-order valence-corrected chi connectivity index (χ2v) is 18.9. The summed E-state index contributed by atoms with van der Waals surface area (Å²) in [5.74, 6) is -0.866. The van der Waals surface area contributed by atoms with E-state index in [0.29, 0.717) is 19.3 Å². The molecular weight excluding hydrogens is 781 g/mol. The second kappa shape index (κ2) is 52.5. The number of carbonyl (C=O) groups excluding carboxylic acids is 3. The third-order valence-corrected chi connectivity index (χ3v) is 12.5. The lowest BCUT2D eigenvalue weighted by molar-refractivity contribution is -0.167. The van der Waals surface area contributed by atoms with Crippen LogP contribution in [0.1, 0.15) is 303 Å². The van der Waals surface area contributed by atoms with Crippen LogP contribution in [0.5, 0.6) is 0 Å². The van der Waals surface area contributed by atoms with Crippen molar-refractivity contribution in [3.05, 3.63) is 24.3 Å². The van der Waals surface area contributed by atoms with Crippen LogP contribution in [0.3, 0.4) is 0 Å². The molecule has 63 heavy (non-hydrogen) atoms. The fourth-order valence-corrected chi connectivity index (χ4v) is 8.24. The zero-order chi connectivity index (χ0) is 45.8. The van der Waals surface area contributed by atoms with Gasteiger partial charge >= 0.3 is 17.9 Å². The molecule has 0 aliphatic rings. The minimum Gasteiger partial charge on any atom is -0.462 e. The molecule has 0 aromatic heterocycles. The number of rotatable bonds is 51. The van der Waals surface area contributed by atoms with E-state index >= 15 is 0 Å². The minimum atomic E-state index is -0.765. The van der Waals surface area contributed by atoms with Crippen molar-refractivity contribution in [2.75, 3.05) is 13.2 Å². The average molecular weight is 887 g/mol. The molecule has 0 aromatic carbocycles. The van der Waals surface area contributed by atoms with Crippen molar-refractivity contribution in [1.82, 2.24) is 0 Å². The molecule has 0 saturated heterocycles. The maximum atomic E-state index is 12.8. The molecule has 0 amide bonds. The van der Waals surface area contributed by atoms with Gasteiger partial charge < -0.3 is 14.2 Å². The SMILES string of the molecule is CCCCCCC/C=C\C/C=C\CCCCCCCCCCCC(=O)OCC(COC(=O)CCCCCCCC)OC(=O)CCCCCCCCCCCCCCCCCCCC. The van der Waals surface area contributed by atoms with Crippen molar-refractivity contribution in [1.29, 1.82) is 0 Å². The van der Waals surface area contributed by atoms with Crippen molar-refractivity contribution in [2.45, 2.75) is 309 Å². The maximum Gasteiger partial charge on any atom is 0.306 e. The normalized spacial score (nSPS) is 12.1. The molecule has 1 unspecified atom stereocenters. The highest BCUT2D eigenvalue weighted by Crippen LogP contribution is 2.17. The Labute approximate surface area is 392 Å². The Bertz CT molecular complexity index is 1020. The number of hydrogen-bond acceptors (Lipinski definition) is 6. The lowest BCUT2D eigenvalue weighted by Crippen LogP contribution is -2.30. The molecule has 0 heterocycles. The van der Waals surface area contributed by atoms with Gasteiger partial charge in [0.05, 0.1) is 0 Å². The van der Waals surface area contributed by atoms with Crippen LogP contribution in [-0.4, -0.2) is 37.2 Å². The molecule has 6 heteroatoms. The van der Waals surface area contributed by atoms with Gasteiger partial charge in [-0.3, -0.25) is 14.4 Å². The third-order valence-electron chi connectivity index (χ3n) is 12.5. The summed E-state index contributed by atoms with van der Waals surface area (Å²) >= 11 is 0. The van der Waals surface area contributed by atoms with Crippen LogP contribution in [0.15, 0.2) is 24.3 Å². The summed E-state index contributed by atoms with van der Waals surface area (Å²) in [6, 6.07) is 0. The van der Waals surface area contributed by atoms with E-state index in [1.54, 1.807) is 0 Å². The molecule has 0 spiro atoms. The molecule has 0 radical (unpaired) electrons. The Hall–Kier alpha value is -2.11. The smallest absolute Gasteiger partial charge is 0.306 e. The molecule has 0 saturated carbocycles. The van der Waals surface area contributed by atoms with Gasteiger partial charge in [-0.2, -0.15) is 0 Å². The summed E-state index contributed by atoms with van der Waals surface area (Å²) in [5.41, 5.74) is 0. The van der Waals surface area contributed by atoms with Gasteiger partial charge in [-0.05, 0) is 51.4 Å². The first kappa shape index (κ1) is 60.9. The van der Waals surface area contributed by atoms with Gasteiger partial charge in [0.1, 0.15) is 13.2 Å². The van der Waals surface area contributed by atoms with Crippen LogP contribution in [0.2, 0.25) is 0 Å². The Balaban J connectivity index is 4.13. The van der Waals surface area contributed by atoms with Gasteiger partial charge in [-0.15, -0.1) is 0 Å². The molecule has 0 aliphatic carbocycles. The predicted molar refractivity (Wildman–Crippen MR) is 270 cm³/mol. The van der Waals surface area contributed by atoms with Gasteiger partial charge in [0.15, 0.2) is 6.10 Å². The van der Waals surface area contributed by atoms with Crippen LogP contribution in [0.25, 0.3) is 0 Å². The predicted octanol–water partition coefficient (Wildman–Crippen LogP) is 18.3. The number of esters is 3. The first-order chi connectivity index (χ1) is 31.0. The first-order valence-corrected chi connectivity index (χ1v) is 27.8. The topological polar surface area (TPSA) is 78.9 Å². The van der Waals surface area contributed by atoms with Crippen LogP contribution in [0.4, 0.5) is 0 Å². The number of allylic oxidation sites excluding steroid dienone is 4. The highest BCUT2D eigenvalue weighted by molar-refractivity contribution is 5.71. The molecule has 370 valence electrons. The Kier molecular flexibility index (Phi) is 50.8. The zero-order valence-corrected chi connectivity index (χ0v) is 42.4. The molecular formula is C57H106O6. The number of carbonyl (C=O) groups is 3. The molecule has 1 atom stereocenters. The van der Waals surface area contributed by atoms with Gasteiger partial charge in [0, 0.05) is 19.3 Å². The van der Waals surface area contributed by atoms with Gasteiger partial charge in [0.25, 0.3) is 0 Å². The Morgan fingerprint density at radius 3 is 0.873 bits per heavy atom. The fourth-order valence-electron chi connectivity index (χ4n) is 8.24. The largest absolute Gasteiger partial charge is 0.462 e. The summed E-state index contributed by atoms with van der Waals surface area (Å²) in [4.78, 5) is 37.8. The Morgan fingerprint density at radius 2 is 0.571 bits per heavy atom. The van der Waals surface area contributed by atoms with E-state index in [0.717, 1.165) is 64.2 Å². The van der Waals surface area contributed by atoms with Crippen molar-refractivity contribution in [3.8, 4) is 0 Å². The van der Waals surface area contributed by atoms with E-state index in [1.165, 1.54) is 199 Å². The molecule has 0 rings (SSSR count). The average Bonchev–Trinajstić information content (AvgIpc) is 3.28. The van der Waals surface area contributed by atoms with Crippen LogP contribution >= 0.6 is 0 Å². The standard InChI is InChI=1S/C57H106O6/c1-4-7-10-13-16-18-20-22-24-26-28-29-30-32-33-35-37-39-41-44-47-50-56(59)62-53-54(52-61-55(58)49-46-43-15-12-9-6-3)63-57(60)51-48-45-42-40-38-36-34-31-27-25-23-21-19-17-14-11-8-5-2/h20,22,26,28,54H,4-19,21,23-25,27,29-53H2,1-3H3/b22-20-,28-26-. The van der Waals surface area contributed by atoms with E-state index < -0.39 is 6.10 Å². The van der Waals surface area contributed by atoms with Crippen LogP contribution in [0, 0.1) is 0 Å². The Morgan fingerprint density at radius 1 is 0.317 bits per heavy atom. The third kappa shape index (κ3) is 50.7. The van der Waals surface area contributed by atoms with E-state index in [1.807, 2.05) is 0 Å². The molecule has 0 aromatic rings. The van der Waals surface area contributed by atoms with E-state index in [2.05, 4.69) is 45.1 Å². The summed E-state index contributed by atoms with van der Waals surface area (Å²) in [7, 11) is 0. The fraction of sp³-hybridized carbons (Fsp3) is 0.877. The number of unbranched alkanes of at least 4 members (excludes halogenated alkanes) is 36. The maximum absolute atomic E-state index is 12.8. The summed E-state index contributed by atoms with van der Waals surface area (Å²) < 4.78 is 16.8. The number of hydrogen-bond donors (Lipinski definition) is 0. The molecule has 0 fully saturated rings. The van der Waals surface area contributed by atoms with E-state index in [9.17, 15) is 14.4 Å². The van der Waals surface area contributed by atoms with Crippen molar-refractivity contribution >= 4 is 17.9 Å². The molecule has 0 N–H and O–H groups in total. The summed E-state index contributed by atoms with van der Waals surface area (Å²) in [5, 5.41) is 0. The lowest BCUT2D eigenvalue weighted by atomic mass is 10.0. The van der Waals surface area contributed by atoms with Crippen molar-refractivity contribution in [3.63, 3.8) is 0 Å². The first-order valence-electron chi connectivity index (χ1n) is 27.8. The number of ether oxygens (including phenoxy) is 3. The zero-order valence-electron chi connectivity index (χ0n) is 42.4. The molecule has 0 bridgehead atoms. The second-order valence-electron chi connectivity index (χ2n) is 18.9. The molecule has 6 nitrogen and oxygen atoms in total. The summed E-state index contributed by atoms with van der Waals surface area (Å²) in [6.45, 7) is 6.61. The highest BCUT2D eigenvalue weighted by atomic mass is 16.6.